The zero-order valence-corrected chi connectivity index (χ0v) is 11.6. The third-order valence-corrected chi connectivity index (χ3v) is 5.52. The van der Waals surface area contributed by atoms with Gasteiger partial charge in [0.25, 0.3) is 0 Å². The molecule has 4 aliphatic carbocycles. The lowest BCUT2D eigenvalue weighted by Crippen LogP contribution is -2.43. The summed E-state index contributed by atoms with van der Waals surface area (Å²) in [5.41, 5.74) is 0. The van der Waals surface area contributed by atoms with Gasteiger partial charge < -0.3 is 9.73 Å². The fourth-order valence-electron chi connectivity index (χ4n) is 5.03. The lowest BCUT2D eigenvalue weighted by molar-refractivity contribution is -0.0118. The molecule has 4 aliphatic rings. The molecule has 4 heteroatoms. The molecule has 0 aliphatic heterocycles. The number of aromatic nitrogens is 2. The Morgan fingerprint density at radius 2 is 1.74 bits per heavy atom. The molecule has 104 valence electrons. The van der Waals surface area contributed by atoms with Crippen LogP contribution in [0.5, 0.6) is 0 Å². The number of nitrogens with zero attached hydrogens (tertiary/aromatic N) is 2. The smallest absolute Gasteiger partial charge is 0.230 e. The first-order chi connectivity index (χ1) is 9.33. The minimum atomic E-state index is 0.565. The lowest BCUT2D eigenvalue weighted by atomic mass is 9.52. The molecule has 0 amide bonds. The molecule has 0 aromatic carbocycles. The van der Waals surface area contributed by atoms with Gasteiger partial charge in [0.2, 0.25) is 11.8 Å². The minimum absolute atomic E-state index is 0.565. The maximum absolute atomic E-state index is 5.93. The topological polar surface area (TPSA) is 51.0 Å². The highest BCUT2D eigenvalue weighted by Crippen LogP contribution is 2.59. The Bertz CT molecular complexity index is 428. The molecule has 0 saturated heterocycles. The van der Waals surface area contributed by atoms with Gasteiger partial charge in [-0.1, -0.05) is 6.92 Å². The third-order valence-electron chi connectivity index (χ3n) is 5.52. The van der Waals surface area contributed by atoms with E-state index in [1.807, 2.05) is 0 Å². The van der Waals surface area contributed by atoms with Crippen molar-refractivity contribution in [3.8, 4) is 0 Å². The maximum Gasteiger partial charge on any atom is 0.230 e. The minimum Gasteiger partial charge on any atom is -0.424 e. The Morgan fingerprint density at radius 1 is 1.05 bits per heavy atom. The molecule has 0 radical (unpaired) electrons. The van der Waals surface area contributed by atoms with Crippen molar-refractivity contribution in [3.05, 3.63) is 11.8 Å². The first-order valence-corrected chi connectivity index (χ1v) is 7.86. The largest absolute Gasteiger partial charge is 0.424 e. The second-order valence-corrected chi connectivity index (χ2v) is 6.77. The molecule has 5 rings (SSSR count). The highest BCUT2D eigenvalue weighted by atomic mass is 16.4. The van der Waals surface area contributed by atoms with E-state index in [2.05, 4.69) is 22.4 Å². The molecule has 0 unspecified atom stereocenters. The maximum atomic E-state index is 5.93. The summed E-state index contributed by atoms with van der Waals surface area (Å²) in [5.74, 6) is 5.90. The van der Waals surface area contributed by atoms with Crippen molar-refractivity contribution in [2.45, 2.75) is 51.5 Å². The second-order valence-electron chi connectivity index (χ2n) is 6.77. The van der Waals surface area contributed by atoms with Crippen molar-refractivity contribution in [2.24, 2.45) is 23.7 Å². The summed E-state index contributed by atoms with van der Waals surface area (Å²) in [6.45, 7) is 3.74. The molecule has 4 nitrogen and oxygen atoms in total. The SMILES string of the molecule is CCNCc1nnc(C2C3CC4CC(C3)CC2C4)o1. The summed E-state index contributed by atoms with van der Waals surface area (Å²) in [6.07, 6.45) is 7.12. The van der Waals surface area contributed by atoms with Gasteiger partial charge in [0, 0.05) is 5.92 Å². The highest BCUT2D eigenvalue weighted by Gasteiger charge is 2.50. The van der Waals surface area contributed by atoms with Crippen LogP contribution in [0.4, 0.5) is 0 Å². The molecular weight excluding hydrogens is 238 g/mol. The molecule has 1 aromatic rings. The molecule has 1 aromatic heterocycles. The van der Waals surface area contributed by atoms with Gasteiger partial charge in [0.15, 0.2) is 0 Å². The van der Waals surface area contributed by atoms with E-state index in [0.29, 0.717) is 12.5 Å². The van der Waals surface area contributed by atoms with Crippen LogP contribution in [0.25, 0.3) is 0 Å². The molecule has 1 N–H and O–H groups in total. The quantitative estimate of drug-likeness (QED) is 0.905. The first-order valence-electron chi connectivity index (χ1n) is 7.86. The molecule has 0 spiro atoms. The zero-order chi connectivity index (χ0) is 12.8. The van der Waals surface area contributed by atoms with E-state index in [9.17, 15) is 0 Å². The van der Waals surface area contributed by atoms with E-state index in [-0.39, 0.29) is 0 Å². The van der Waals surface area contributed by atoms with E-state index in [4.69, 9.17) is 4.42 Å². The van der Waals surface area contributed by atoms with Crippen molar-refractivity contribution >= 4 is 0 Å². The standard InChI is InChI=1S/C15H23N3O/c1-2-16-8-13-17-18-15(19-13)14-11-4-9-3-10(6-11)7-12(14)5-9/h9-12,14,16H,2-8H2,1H3. The average Bonchev–Trinajstić information content (AvgIpc) is 2.83. The van der Waals surface area contributed by atoms with Crippen LogP contribution in [-0.4, -0.2) is 16.7 Å². The predicted octanol–water partition coefficient (Wildman–Crippen LogP) is 2.72. The van der Waals surface area contributed by atoms with E-state index < -0.39 is 0 Å². The van der Waals surface area contributed by atoms with Crippen molar-refractivity contribution in [1.29, 1.82) is 0 Å². The lowest BCUT2D eigenvalue weighted by Gasteiger charge is -2.53. The number of nitrogens with one attached hydrogen (secondary N) is 1. The van der Waals surface area contributed by atoms with Crippen LogP contribution in [0, 0.1) is 23.7 Å². The number of hydrogen-bond donors (Lipinski definition) is 1. The number of rotatable bonds is 4. The molecular formula is C15H23N3O. The van der Waals surface area contributed by atoms with Crippen LogP contribution in [0.2, 0.25) is 0 Å². The Balaban J connectivity index is 1.54. The monoisotopic (exact) mass is 261 g/mol. The molecule has 1 heterocycles. The molecule has 4 fully saturated rings. The molecule has 0 atom stereocenters. The van der Waals surface area contributed by atoms with E-state index in [0.717, 1.165) is 42.0 Å². The van der Waals surface area contributed by atoms with Gasteiger partial charge in [-0.2, -0.15) is 0 Å². The van der Waals surface area contributed by atoms with Gasteiger partial charge in [0.1, 0.15) is 0 Å². The van der Waals surface area contributed by atoms with E-state index in [1.165, 1.54) is 32.1 Å². The van der Waals surface area contributed by atoms with Crippen LogP contribution < -0.4 is 5.32 Å². The Kier molecular flexibility index (Phi) is 2.87. The molecule has 19 heavy (non-hydrogen) atoms. The van der Waals surface area contributed by atoms with Gasteiger partial charge in [-0.15, -0.1) is 10.2 Å². The Hall–Kier alpha value is -0.900. The van der Waals surface area contributed by atoms with E-state index in [1.54, 1.807) is 0 Å². The van der Waals surface area contributed by atoms with Crippen LogP contribution >= 0.6 is 0 Å². The van der Waals surface area contributed by atoms with Gasteiger partial charge in [-0.05, 0) is 62.3 Å². The summed E-state index contributed by atoms with van der Waals surface area (Å²) in [7, 11) is 0. The normalized spacial score (nSPS) is 39.9. The average molecular weight is 261 g/mol. The Labute approximate surface area is 114 Å². The number of hydrogen-bond acceptors (Lipinski definition) is 4. The molecule has 4 bridgehead atoms. The Morgan fingerprint density at radius 3 is 2.37 bits per heavy atom. The van der Waals surface area contributed by atoms with Crippen molar-refractivity contribution in [1.82, 2.24) is 15.5 Å². The van der Waals surface area contributed by atoms with E-state index >= 15 is 0 Å². The molecule has 4 saturated carbocycles. The van der Waals surface area contributed by atoms with Gasteiger partial charge in [-0.3, -0.25) is 0 Å². The van der Waals surface area contributed by atoms with Gasteiger partial charge in [0.05, 0.1) is 6.54 Å². The van der Waals surface area contributed by atoms with Crippen LogP contribution in [0.15, 0.2) is 4.42 Å². The van der Waals surface area contributed by atoms with Crippen LogP contribution in [-0.2, 0) is 6.54 Å². The summed E-state index contributed by atoms with van der Waals surface area (Å²) < 4.78 is 5.93. The summed E-state index contributed by atoms with van der Waals surface area (Å²) in [6, 6.07) is 0. The summed E-state index contributed by atoms with van der Waals surface area (Å²) in [4.78, 5) is 0. The fourth-order valence-corrected chi connectivity index (χ4v) is 5.03. The van der Waals surface area contributed by atoms with Crippen LogP contribution in [0.1, 0.15) is 56.7 Å². The third kappa shape index (κ3) is 2.00. The zero-order valence-electron chi connectivity index (χ0n) is 11.6. The fraction of sp³-hybridized carbons (Fsp3) is 0.867. The summed E-state index contributed by atoms with van der Waals surface area (Å²) >= 11 is 0. The second kappa shape index (κ2) is 4.58. The first kappa shape index (κ1) is 11.9. The van der Waals surface area contributed by atoms with Crippen molar-refractivity contribution in [2.75, 3.05) is 6.54 Å². The van der Waals surface area contributed by atoms with Crippen molar-refractivity contribution in [3.63, 3.8) is 0 Å². The highest BCUT2D eigenvalue weighted by molar-refractivity contribution is 5.08. The predicted molar refractivity (Wildman–Crippen MR) is 71.5 cm³/mol. The van der Waals surface area contributed by atoms with Gasteiger partial charge >= 0.3 is 0 Å². The van der Waals surface area contributed by atoms with Gasteiger partial charge in [-0.25, -0.2) is 0 Å². The van der Waals surface area contributed by atoms with Crippen molar-refractivity contribution < 1.29 is 4.42 Å². The van der Waals surface area contributed by atoms with Crippen LogP contribution in [0.3, 0.4) is 0 Å². The summed E-state index contributed by atoms with van der Waals surface area (Å²) in [5, 5.41) is 11.8.